The number of ether oxygens (including phenoxy) is 2. The molecule has 0 unspecified atom stereocenters. The van der Waals surface area contributed by atoms with Crippen molar-refractivity contribution >= 4 is 11.7 Å². The largest absolute Gasteiger partial charge is 0.508 e. The molecule has 4 N–H and O–H groups in total. The number of hydrogen-bond acceptors (Lipinski definition) is 9. The van der Waals surface area contributed by atoms with E-state index in [0.717, 1.165) is 42.5 Å². The maximum atomic E-state index is 13.4. The number of carbonyl (C=O) groups excluding carboxylic acids is 1. The number of aromatic hydroxyl groups is 3. The second-order valence-corrected chi connectivity index (χ2v) is 14.2. The Morgan fingerprint density at radius 2 is 1.54 bits per heavy atom. The van der Waals surface area contributed by atoms with Crippen molar-refractivity contribution in [2.45, 2.75) is 63.3 Å². The number of fused-ring (bicyclic) bond motifs is 11. The molecule has 0 amide bonds. The lowest BCUT2D eigenvalue weighted by Gasteiger charge is -2.50. The van der Waals surface area contributed by atoms with Gasteiger partial charge in [0.25, 0.3) is 0 Å². The standard InChI is InChI=1S/C39H35NO8/c1-38-13-12-25-24-7-3-21(41)15-28(24)33(18-27(25)29(38)10-11-36(38)44)40-46-19-20-2-6-26-32(14-20)39(48-37(26)45)30-8-4-22(42)16-34(30)47-35-17-23(43)5-9-31(35)39/h2-9,14-17,25,27,29,36,41-44H,10-13,18-19H2,1H3/b40-33+/t25-,27-,29+,36+,38+/m1/s1. The number of oxime groups is 1. The molecule has 0 radical (unpaired) electrons. The second kappa shape index (κ2) is 10.2. The number of nitrogens with zero attached hydrogens (tertiary/aromatic N) is 1. The topological polar surface area (TPSA) is 138 Å². The van der Waals surface area contributed by atoms with Crippen LogP contribution in [0.15, 0.2) is 78.0 Å². The Morgan fingerprint density at radius 1 is 0.833 bits per heavy atom. The van der Waals surface area contributed by atoms with Gasteiger partial charge in [-0.1, -0.05) is 24.2 Å². The van der Waals surface area contributed by atoms with Crippen molar-refractivity contribution in [1.29, 1.82) is 0 Å². The number of phenols is 3. The molecule has 48 heavy (non-hydrogen) atoms. The molecular weight excluding hydrogens is 610 g/mol. The molecule has 9 nitrogen and oxygen atoms in total. The zero-order chi connectivity index (χ0) is 32.9. The van der Waals surface area contributed by atoms with Crippen LogP contribution < -0.4 is 4.74 Å². The van der Waals surface area contributed by atoms with Crippen molar-refractivity contribution in [1.82, 2.24) is 0 Å². The first kappa shape index (κ1) is 29.1. The predicted molar refractivity (Wildman–Crippen MR) is 174 cm³/mol. The summed E-state index contributed by atoms with van der Waals surface area (Å²) in [5, 5.41) is 46.5. The zero-order valence-corrected chi connectivity index (χ0v) is 26.3. The fraction of sp³-hybridized carbons (Fsp3) is 0.333. The third-order valence-corrected chi connectivity index (χ3v) is 11.8. The number of aliphatic hydroxyl groups is 1. The van der Waals surface area contributed by atoms with E-state index in [2.05, 4.69) is 12.1 Å². The van der Waals surface area contributed by atoms with E-state index < -0.39 is 11.6 Å². The molecule has 2 heterocycles. The molecule has 2 aliphatic heterocycles. The Balaban J connectivity index is 1.07. The van der Waals surface area contributed by atoms with Crippen LogP contribution in [0.2, 0.25) is 0 Å². The zero-order valence-electron chi connectivity index (χ0n) is 26.3. The quantitative estimate of drug-likeness (QED) is 0.139. The van der Waals surface area contributed by atoms with Crippen molar-refractivity contribution in [3.63, 3.8) is 0 Å². The monoisotopic (exact) mass is 645 g/mol. The molecule has 2 saturated carbocycles. The van der Waals surface area contributed by atoms with Gasteiger partial charge in [0.05, 0.1) is 17.4 Å². The minimum atomic E-state index is -1.37. The van der Waals surface area contributed by atoms with Gasteiger partial charge >= 0.3 is 5.97 Å². The number of aliphatic hydroxyl groups excluding tert-OH is 1. The first-order valence-corrected chi connectivity index (χ1v) is 16.6. The first-order chi connectivity index (χ1) is 23.2. The smallest absolute Gasteiger partial charge is 0.340 e. The average molecular weight is 646 g/mol. The number of carbonyl (C=O) groups is 1. The van der Waals surface area contributed by atoms with Gasteiger partial charge in [-0.05, 0) is 115 Å². The van der Waals surface area contributed by atoms with E-state index in [1.807, 2.05) is 18.2 Å². The summed E-state index contributed by atoms with van der Waals surface area (Å²) in [5.74, 6) is 1.36. The second-order valence-electron chi connectivity index (χ2n) is 14.2. The Morgan fingerprint density at radius 3 is 2.29 bits per heavy atom. The lowest BCUT2D eigenvalue weighted by atomic mass is 9.55. The molecule has 0 bridgehead atoms. The fourth-order valence-corrected chi connectivity index (χ4v) is 9.49. The van der Waals surface area contributed by atoms with Crippen LogP contribution >= 0.6 is 0 Å². The van der Waals surface area contributed by atoms with Crippen LogP contribution in [0.4, 0.5) is 0 Å². The van der Waals surface area contributed by atoms with Crippen molar-refractivity contribution in [2.24, 2.45) is 22.4 Å². The number of rotatable bonds is 3. The lowest BCUT2D eigenvalue weighted by Crippen LogP contribution is -2.45. The Kier molecular flexibility index (Phi) is 6.22. The molecule has 244 valence electrons. The van der Waals surface area contributed by atoms with Gasteiger partial charge in [-0.25, -0.2) is 4.79 Å². The molecule has 0 saturated heterocycles. The van der Waals surface area contributed by atoms with E-state index in [1.54, 1.807) is 30.3 Å². The predicted octanol–water partition coefficient (Wildman–Crippen LogP) is 6.97. The summed E-state index contributed by atoms with van der Waals surface area (Å²) < 4.78 is 12.3. The van der Waals surface area contributed by atoms with E-state index >= 15 is 0 Å². The van der Waals surface area contributed by atoms with Gasteiger partial charge in [0.1, 0.15) is 35.4 Å². The van der Waals surface area contributed by atoms with E-state index in [1.165, 1.54) is 29.8 Å². The van der Waals surface area contributed by atoms with Crippen LogP contribution in [0, 0.1) is 17.3 Å². The minimum absolute atomic E-state index is 0.01000. The maximum absolute atomic E-state index is 13.4. The molecule has 3 aliphatic carbocycles. The molecule has 9 rings (SSSR count). The van der Waals surface area contributed by atoms with Gasteiger partial charge in [-0.2, -0.15) is 0 Å². The molecule has 4 aromatic carbocycles. The van der Waals surface area contributed by atoms with Crippen LogP contribution in [0.3, 0.4) is 0 Å². The van der Waals surface area contributed by atoms with Gasteiger partial charge in [0.2, 0.25) is 0 Å². The summed E-state index contributed by atoms with van der Waals surface area (Å²) in [6.45, 7) is 2.35. The normalized spacial score (nSPS) is 28.0. The highest BCUT2D eigenvalue weighted by Crippen LogP contribution is 2.61. The summed E-state index contributed by atoms with van der Waals surface area (Å²) in [4.78, 5) is 19.4. The van der Waals surface area contributed by atoms with Gasteiger partial charge < -0.3 is 34.7 Å². The van der Waals surface area contributed by atoms with Gasteiger partial charge in [0, 0.05) is 34.4 Å². The summed E-state index contributed by atoms with van der Waals surface area (Å²) in [6, 6.07) is 20.3. The van der Waals surface area contributed by atoms with Gasteiger partial charge in [-0.15, -0.1) is 0 Å². The Labute approximate surface area is 277 Å². The van der Waals surface area contributed by atoms with Crippen LogP contribution in [0.25, 0.3) is 0 Å². The Bertz CT molecular complexity index is 2000. The molecule has 4 aromatic rings. The fourth-order valence-electron chi connectivity index (χ4n) is 9.49. The number of phenolic OH excluding ortho intramolecular Hbond substituents is 3. The van der Waals surface area contributed by atoms with Crippen molar-refractivity contribution in [2.75, 3.05) is 0 Å². The Hall–Kier alpha value is -5.02. The molecule has 0 aromatic heterocycles. The van der Waals surface area contributed by atoms with E-state index in [-0.39, 0.29) is 35.4 Å². The van der Waals surface area contributed by atoms with Gasteiger partial charge in [0.15, 0.2) is 5.60 Å². The van der Waals surface area contributed by atoms with Crippen LogP contribution in [0.5, 0.6) is 28.7 Å². The summed E-state index contributed by atoms with van der Waals surface area (Å²) in [6.07, 6.45) is 4.22. The highest BCUT2D eigenvalue weighted by molar-refractivity contribution is 6.03. The van der Waals surface area contributed by atoms with Crippen LogP contribution in [-0.2, 0) is 21.8 Å². The third kappa shape index (κ3) is 4.06. The molecule has 1 spiro atoms. The van der Waals surface area contributed by atoms with Crippen molar-refractivity contribution in [3.8, 4) is 28.7 Å². The molecule has 5 atom stereocenters. The molecule has 2 fully saturated rings. The minimum Gasteiger partial charge on any atom is -0.508 e. The van der Waals surface area contributed by atoms with E-state index in [0.29, 0.717) is 57.9 Å². The highest BCUT2D eigenvalue weighted by Gasteiger charge is 2.56. The molecule has 5 aliphatic rings. The van der Waals surface area contributed by atoms with E-state index in [4.69, 9.17) is 14.3 Å². The number of esters is 1. The summed E-state index contributed by atoms with van der Waals surface area (Å²) >= 11 is 0. The van der Waals surface area contributed by atoms with Crippen molar-refractivity contribution in [3.05, 3.63) is 112 Å². The number of benzene rings is 4. The van der Waals surface area contributed by atoms with Gasteiger partial charge in [-0.3, -0.25) is 0 Å². The van der Waals surface area contributed by atoms with Crippen molar-refractivity contribution < 1.29 is 39.5 Å². The number of hydrogen-bond donors (Lipinski definition) is 4. The molecular formula is C39H35NO8. The average Bonchev–Trinajstić information content (AvgIpc) is 3.53. The highest BCUT2D eigenvalue weighted by atomic mass is 16.6. The lowest BCUT2D eigenvalue weighted by molar-refractivity contribution is -0.0179. The maximum Gasteiger partial charge on any atom is 0.340 e. The summed E-state index contributed by atoms with van der Waals surface area (Å²) in [7, 11) is 0. The van der Waals surface area contributed by atoms with Crippen LogP contribution in [-0.4, -0.2) is 38.2 Å². The van der Waals surface area contributed by atoms with E-state index in [9.17, 15) is 25.2 Å². The first-order valence-electron chi connectivity index (χ1n) is 16.6. The van der Waals surface area contributed by atoms with Crippen LogP contribution in [0.1, 0.15) is 88.7 Å². The summed E-state index contributed by atoms with van der Waals surface area (Å²) in [5.41, 5.74) is 4.26. The SMILES string of the molecule is C[C@]12CC[C@@H]3c4ccc(O)cc4/C(=N/OCc4ccc5c(c4)C4(OC5=O)c5ccc(O)cc5Oc5cc(O)ccc54)C[C@H]3[C@@H]1CC[C@@H]2O. The third-order valence-electron chi connectivity index (χ3n) is 11.8. The molecule has 9 heteroatoms.